The van der Waals surface area contributed by atoms with E-state index in [4.69, 9.17) is 4.74 Å². The molecule has 5 nitrogen and oxygen atoms in total. The summed E-state index contributed by atoms with van der Waals surface area (Å²) in [7, 11) is 1.50. The highest BCUT2D eigenvalue weighted by Gasteiger charge is 2.06. The predicted octanol–water partition coefficient (Wildman–Crippen LogP) is 2.99. The molecule has 0 heterocycles. The predicted molar refractivity (Wildman–Crippen MR) is 99.8 cm³/mol. The van der Waals surface area contributed by atoms with Crippen molar-refractivity contribution in [1.82, 2.24) is 5.32 Å². The summed E-state index contributed by atoms with van der Waals surface area (Å²) in [6.45, 7) is 0.342. The van der Waals surface area contributed by atoms with Crippen LogP contribution in [0.5, 0.6) is 0 Å². The maximum atomic E-state index is 11.8. The number of anilines is 1. The molecule has 0 aliphatic heterocycles. The van der Waals surface area contributed by atoms with Crippen LogP contribution in [0.15, 0.2) is 54.6 Å². The number of aliphatic hydroxyl groups is 1. The van der Waals surface area contributed by atoms with Gasteiger partial charge in [-0.05, 0) is 42.5 Å². The van der Waals surface area contributed by atoms with E-state index in [0.717, 1.165) is 24.9 Å². The van der Waals surface area contributed by atoms with Crippen LogP contribution in [0, 0.1) is 0 Å². The van der Waals surface area contributed by atoms with E-state index in [0.29, 0.717) is 0 Å². The van der Waals surface area contributed by atoms with Crippen molar-refractivity contribution in [2.45, 2.75) is 25.4 Å². The average molecular weight is 342 g/mol. The number of rotatable bonds is 9. The average Bonchev–Trinajstić information content (AvgIpc) is 2.63. The fraction of sp³-hybridized carbons (Fsp3) is 0.350. The third-order valence-corrected chi connectivity index (χ3v) is 3.84. The smallest absolute Gasteiger partial charge is 0.319 e. The van der Waals surface area contributed by atoms with Crippen LogP contribution in [0.3, 0.4) is 0 Å². The number of nitrogens with one attached hydrogen (secondary N) is 2. The molecule has 0 saturated carbocycles. The third-order valence-electron chi connectivity index (χ3n) is 3.84. The van der Waals surface area contributed by atoms with E-state index < -0.39 is 6.10 Å². The Balaban J connectivity index is 1.71. The summed E-state index contributed by atoms with van der Waals surface area (Å²) >= 11 is 0. The normalized spacial score (nSPS) is 11.8. The topological polar surface area (TPSA) is 70.6 Å². The second-order valence-corrected chi connectivity index (χ2v) is 5.98. The quantitative estimate of drug-likeness (QED) is 0.656. The van der Waals surface area contributed by atoms with Gasteiger partial charge in [-0.25, -0.2) is 4.79 Å². The van der Waals surface area contributed by atoms with E-state index >= 15 is 0 Å². The lowest BCUT2D eigenvalue weighted by molar-refractivity contribution is 0.0663. The molecule has 2 aromatic rings. The Morgan fingerprint density at radius 3 is 2.32 bits per heavy atom. The van der Waals surface area contributed by atoms with Crippen molar-refractivity contribution in [1.29, 1.82) is 0 Å². The third kappa shape index (κ3) is 7.37. The second-order valence-electron chi connectivity index (χ2n) is 5.98. The van der Waals surface area contributed by atoms with Crippen LogP contribution in [0.4, 0.5) is 10.5 Å². The Kier molecular flexibility index (Phi) is 7.95. The lowest BCUT2D eigenvalue weighted by Gasteiger charge is -2.12. The van der Waals surface area contributed by atoms with Crippen molar-refractivity contribution in [2.24, 2.45) is 0 Å². The molecule has 1 atom stereocenters. The summed E-state index contributed by atoms with van der Waals surface area (Å²) in [5.74, 6) is 0. The van der Waals surface area contributed by atoms with Gasteiger partial charge in [-0.3, -0.25) is 0 Å². The molecule has 25 heavy (non-hydrogen) atoms. The van der Waals surface area contributed by atoms with Gasteiger partial charge in [0.05, 0.1) is 12.7 Å². The standard InChI is InChI=1S/C20H26N2O3/c1-25-15-19(23)14-21-20(24)22-18-12-10-17(11-13-18)9-5-8-16-6-3-2-4-7-16/h2-4,6-7,10-13,19,23H,5,8-9,14-15H2,1H3,(H2,21,22,24). The molecule has 2 aromatic carbocycles. The number of hydrogen-bond donors (Lipinski definition) is 3. The molecular weight excluding hydrogens is 316 g/mol. The van der Waals surface area contributed by atoms with E-state index in [2.05, 4.69) is 34.9 Å². The van der Waals surface area contributed by atoms with Gasteiger partial charge in [0.25, 0.3) is 0 Å². The maximum absolute atomic E-state index is 11.8. The van der Waals surface area contributed by atoms with E-state index in [9.17, 15) is 9.90 Å². The first-order valence-electron chi connectivity index (χ1n) is 8.52. The fourth-order valence-electron chi connectivity index (χ4n) is 2.53. The van der Waals surface area contributed by atoms with Gasteiger partial charge in [-0.2, -0.15) is 0 Å². The van der Waals surface area contributed by atoms with Crippen LogP contribution < -0.4 is 10.6 Å². The highest BCUT2D eigenvalue weighted by molar-refractivity contribution is 5.89. The van der Waals surface area contributed by atoms with Gasteiger partial charge < -0.3 is 20.5 Å². The fourth-order valence-corrected chi connectivity index (χ4v) is 2.53. The van der Waals surface area contributed by atoms with Crippen molar-refractivity contribution in [2.75, 3.05) is 25.6 Å². The molecule has 5 heteroatoms. The Morgan fingerprint density at radius 1 is 1.04 bits per heavy atom. The van der Waals surface area contributed by atoms with E-state index in [1.165, 1.54) is 18.2 Å². The van der Waals surface area contributed by atoms with Gasteiger partial charge in [-0.15, -0.1) is 0 Å². The van der Waals surface area contributed by atoms with Crippen molar-refractivity contribution < 1.29 is 14.6 Å². The van der Waals surface area contributed by atoms with Crippen molar-refractivity contribution in [3.63, 3.8) is 0 Å². The minimum Gasteiger partial charge on any atom is -0.389 e. The maximum Gasteiger partial charge on any atom is 0.319 e. The Hall–Kier alpha value is -2.37. The molecule has 0 fully saturated rings. The summed E-state index contributed by atoms with van der Waals surface area (Å²) in [6, 6.07) is 18.0. The molecule has 134 valence electrons. The van der Waals surface area contributed by atoms with Gasteiger partial charge in [0.15, 0.2) is 0 Å². The molecule has 0 spiro atoms. The van der Waals surface area contributed by atoms with Gasteiger partial charge in [0.1, 0.15) is 0 Å². The minimum atomic E-state index is -0.706. The number of hydrogen-bond acceptors (Lipinski definition) is 3. The largest absolute Gasteiger partial charge is 0.389 e. The number of aliphatic hydroxyl groups excluding tert-OH is 1. The van der Waals surface area contributed by atoms with Crippen molar-refractivity contribution in [3.8, 4) is 0 Å². The van der Waals surface area contributed by atoms with Crippen molar-refractivity contribution in [3.05, 3.63) is 65.7 Å². The van der Waals surface area contributed by atoms with E-state index in [-0.39, 0.29) is 19.2 Å². The van der Waals surface area contributed by atoms with Gasteiger partial charge in [0, 0.05) is 19.3 Å². The zero-order valence-corrected chi connectivity index (χ0v) is 14.6. The molecule has 2 rings (SSSR count). The van der Waals surface area contributed by atoms with Crippen LogP contribution >= 0.6 is 0 Å². The lowest BCUT2D eigenvalue weighted by atomic mass is 10.0. The first-order chi connectivity index (χ1) is 12.2. The molecule has 0 saturated heterocycles. The summed E-state index contributed by atoms with van der Waals surface area (Å²) in [5.41, 5.74) is 3.33. The molecule has 2 amide bonds. The Morgan fingerprint density at radius 2 is 1.68 bits per heavy atom. The number of urea groups is 1. The number of carbonyl (C=O) groups excluding carboxylic acids is 1. The molecule has 0 aliphatic carbocycles. The van der Waals surface area contributed by atoms with Crippen LogP contribution in [0.1, 0.15) is 17.5 Å². The monoisotopic (exact) mass is 342 g/mol. The minimum absolute atomic E-state index is 0.150. The summed E-state index contributed by atoms with van der Waals surface area (Å²) in [5, 5.41) is 14.8. The molecule has 1 unspecified atom stereocenters. The SMILES string of the molecule is COCC(O)CNC(=O)Nc1ccc(CCCc2ccccc2)cc1. The molecule has 0 radical (unpaired) electrons. The van der Waals surface area contributed by atoms with Gasteiger partial charge in [0.2, 0.25) is 0 Å². The highest BCUT2D eigenvalue weighted by atomic mass is 16.5. The first-order valence-corrected chi connectivity index (χ1v) is 8.52. The number of benzene rings is 2. The first kappa shape index (κ1) is 19.0. The zero-order valence-electron chi connectivity index (χ0n) is 14.6. The molecule has 0 aliphatic rings. The summed E-state index contributed by atoms with van der Waals surface area (Å²) < 4.78 is 4.81. The zero-order chi connectivity index (χ0) is 17.9. The summed E-state index contributed by atoms with van der Waals surface area (Å²) in [4.78, 5) is 11.8. The van der Waals surface area contributed by atoms with E-state index in [1.54, 1.807) is 0 Å². The second kappa shape index (κ2) is 10.5. The Bertz CT molecular complexity index is 629. The van der Waals surface area contributed by atoms with Crippen LogP contribution in [0.2, 0.25) is 0 Å². The number of ether oxygens (including phenoxy) is 1. The summed E-state index contributed by atoms with van der Waals surface area (Å²) in [6.07, 6.45) is 2.45. The molecule has 3 N–H and O–H groups in total. The number of carbonyl (C=O) groups is 1. The van der Waals surface area contributed by atoms with Gasteiger partial charge >= 0.3 is 6.03 Å². The van der Waals surface area contributed by atoms with Crippen LogP contribution in [-0.2, 0) is 17.6 Å². The number of methoxy groups -OCH3 is 1. The number of amides is 2. The van der Waals surface area contributed by atoms with Crippen LogP contribution in [-0.4, -0.2) is 37.5 Å². The highest BCUT2D eigenvalue weighted by Crippen LogP contribution is 2.12. The lowest BCUT2D eigenvalue weighted by Crippen LogP contribution is -2.36. The number of aryl methyl sites for hydroxylation is 2. The van der Waals surface area contributed by atoms with Crippen molar-refractivity contribution >= 4 is 11.7 Å². The van der Waals surface area contributed by atoms with E-state index in [1.807, 2.05) is 30.3 Å². The van der Waals surface area contributed by atoms with Crippen LogP contribution in [0.25, 0.3) is 0 Å². The van der Waals surface area contributed by atoms with Gasteiger partial charge in [-0.1, -0.05) is 42.5 Å². The molecular formula is C20H26N2O3. The molecule has 0 bridgehead atoms. The molecule has 0 aromatic heterocycles. The Labute approximate surface area is 149 Å².